The van der Waals surface area contributed by atoms with Gasteiger partial charge in [-0.05, 0) is 56.5 Å². The van der Waals surface area contributed by atoms with Crippen LogP contribution in [0, 0.1) is 0 Å². The van der Waals surface area contributed by atoms with Crippen LogP contribution in [0.3, 0.4) is 0 Å². The zero-order valence-corrected chi connectivity index (χ0v) is 15.0. The predicted molar refractivity (Wildman–Crippen MR) is 102 cm³/mol. The van der Waals surface area contributed by atoms with E-state index in [-0.39, 0.29) is 0 Å². The van der Waals surface area contributed by atoms with Crippen LogP contribution in [0.4, 0.5) is 5.69 Å². The minimum absolute atomic E-state index is 0.512. The summed E-state index contributed by atoms with van der Waals surface area (Å²) in [7, 11) is 0. The number of hydrogen-bond acceptors (Lipinski definition) is 4. The van der Waals surface area contributed by atoms with Crippen LogP contribution in [0.5, 0.6) is 5.75 Å². The first kappa shape index (κ1) is 19.2. The van der Waals surface area contributed by atoms with E-state index in [1.807, 2.05) is 44.2 Å². The molecule has 0 fully saturated rings. The highest BCUT2D eigenvalue weighted by atomic mass is 16.5. The molecule has 6 heteroatoms. The first-order valence-corrected chi connectivity index (χ1v) is 8.49. The van der Waals surface area contributed by atoms with E-state index in [0.717, 1.165) is 12.1 Å². The first-order chi connectivity index (χ1) is 12.6. The molecule has 2 amide bonds. The third-order valence-corrected chi connectivity index (χ3v) is 3.60. The fourth-order valence-corrected chi connectivity index (χ4v) is 2.21. The van der Waals surface area contributed by atoms with Gasteiger partial charge in [-0.25, -0.2) is 5.43 Å². The van der Waals surface area contributed by atoms with E-state index < -0.39 is 11.8 Å². The lowest BCUT2D eigenvalue weighted by atomic mass is 10.1. The number of nitrogens with zero attached hydrogens (tertiary/aromatic N) is 1. The molecule has 0 atom stereocenters. The van der Waals surface area contributed by atoms with E-state index in [9.17, 15) is 9.59 Å². The van der Waals surface area contributed by atoms with Crippen LogP contribution in [-0.2, 0) is 16.0 Å². The topological polar surface area (TPSA) is 79.8 Å². The van der Waals surface area contributed by atoms with E-state index in [0.29, 0.717) is 24.5 Å². The summed E-state index contributed by atoms with van der Waals surface area (Å²) in [5.74, 6) is -0.875. The number of nitrogens with one attached hydrogen (secondary N) is 2. The Bertz CT molecular complexity index is 756. The molecule has 0 saturated heterocycles. The van der Waals surface area contributed by atoms with E-state index in [4.69, 9.17) is 4.74 Å². The molecule has 136 valence electrons. The van der Waals surface area contributed by atoms with Gasteiger partial charge in [0.1, 0.15) is 5.75 Å². The van der Waals surface area contributed by atoms with Crippen molar-refractivity contribution in [3.8, 4) is 5.75 Å². The van der Waals surface area contributed by atoms with Gasteiger partial charge in [0, 0.05) is 11.4 Å². The van der Waals surface area contributed by atoms with Gasteiger partial charge in [-0.2, -0.15) is 5.10 Å². The number of carbonyl (C=O) groups excluding carboxylic acids is 2. The molecule has 0 radical (unpaired) electrons. The SMILES string of the molecule is CCOc1ccc(NC(=O)C(=O)N/N=C(/C)CCc2ccccc2)cc1. The van der Waals surface area contributed by atoms with Gasteiger partial charge in [0.25, 0.3) is 0 Å². The van der Waals surface area contributed by atoms with Crippen LogP contribution in [0.1, 0.15) is 25.8 Å². The summed E-state index contributed by atoms with van der Waals surface area (Å²) >= 11 is 0. The van der Waals surface area contributed by atoms with E-state index in [2.05, 4.69) is 15.8 Å². The molecular formula is C20H23N3O3. The highest BCUT2D eigenvalue weighted by molar-refractivity contribution is 6.39. The Balaban J connectivity index is 1.79. The van der Waals surface area contributed by atoms with Crippen molar-refractivity contribution in [2.45, 2.75) is 26.7 Å². The third kappa shape index (κ3) is 6.39. The van der Waals surface area contributed by atoms with Crippen molar-refractivity contribution < 1.29 is 14.3 Å². The van der Waals surface area contributed by atoms with Crippen molar-refractivity contribution in [3.63, 3.8) is 0 Å². The minimum Gasteiger partial charge on any atom is -0.494 e. The monoisotopic (exact) mass is 353 g/mol. The Morgan fingerprint density at radius 2 is 1.69 bits per heavy atom. The van der Waals surface area contributed by atoms with Crippen LogP contribution < -0.4 is 15.5 Å². The zero-order valence-electron chi connectivity index (χ0n) is 15.0. The number of benzene rings is 2. The van der Waals surface area contributed by atoms with Gasteiger partial charge in [0.2, 0.25) is 0 Å². The number of hydrazone groups is 1. The lowest BCUT2D eigenvalue weighted by molar-refractivity contribution is -0.136. The van der Waals surface area contributed by atoms with Gasteiger partial charge in [-0.3, -0.25) is 9.59 Å². The van der Waals surface area contributed by atoms with Crippen molar-refractivity contribution >= 4 is 23.2 Å². The van der Waals surface area contributed by atoms with Crippen LogP contribution in [0.2, 0.25) is 0 Å². The molecular weight excluding hydrogens is 330 g/mol. The Labute approximate surface area is 153 Å². The van der Waals surface area contributed by atoms with Crippen molar-refractivity contribution in [3.05, 3.63) is 60.2 Å². The molecule has 0 aliphatic heterocycles. The number of aryl methyl sites for hydroxylation is 1. The average Bonchev–Trinajstić information content (AvgIpc) is 2.67. The number of anilines is 1. The second kappa shape index (κ2) is 9.98. The average molecular weight is 353 g/mol. The van der Waals surface area contributed by atoms with Crippen LogP contribution in [-0.4, -0.2) is 24.1 Å². The number of ether oxygens (including phenoxy) is 1. The molecule has 0 bridgehead atoms. The largest absolute Gasteiger partial charge is 0.494 e. The van der Waals surface area contributed by atoms with Gasteiger partial charge in [-0.15, -0.1) is 0 Å². The minimum atomic E-state index is -0.807. The molecule has 0 aromatic heterocycles. The quantitative estimate of drug-likeness (QED) is 0.456. The zero-order chi connectivity index (χ0) is 18.8. The van der Waals surface area contributed by atoms with Gasteiger partial charge in [0.15, 0.2) is 0 Å². The molecule has 26 heavy (non-hydrogen) atoms. The molecule has 0 aliphatic rings. The Hall–Kier alpha value is -3.15. The predicted octanol–water partition coefficient (Wildman–Crippen LogP) is 3.15. The summed E-state index contributed by atoms with van der Waals surface area (Å²) in [5.41, 5.74) is 4.74. The Kier molecular flexibility index (Phi) is 7.36. The summed E-state index contributed by atoms with van der Waals surface area (Å²) in [6, 6.07) is 16.8. The fraction of sp³-hybridized carbons (Fsp3) is 0.250. The lowest BCUT2D eigenvalue weighted by Crippen LogP contribution is -2.32. The van der Waals surface area contributed by atoms with E-state index in [1.54, 1.807) is 24.3 Å². The molecule has 0 saturated carbocycles. The van der Waals surface area contributed by atoms with E-state index in [1.165, 1.54) is 5.56 Å². The molecule has 0 spiro atoms. The van der Waals surface area contributed by atoms with Crippen molar-refractivity contribution in [2.24, 2.45) is 5.10 Å². The van der Waals surface area contributed by atoms with E-state index >= 15 is 0 Å². The summed E-state index contributed by atoms with van der Waals surface area (Å²) in [5, 5.41) is 6.49. The highest BCUT2D eigenvalue weighted by Gasteiger charge is 2.13. The number of carbonyl (C=O) groups is 2. The molecule has 2 rings (SSSR count). The molecule has 0 unspecified atom stereocenters. The maximum Gasteiger partial charge on any atom is 0.329 e. The summed E-state index contributed by atoms with van der Waals surface area (Å²) < 4.78 is 5.32. The van der Waals surface area contributed by atoms with Gasteiger partial charge in [0.05, 0.1) is 6.61 Å². The molecule has 2 aromatic rings. The second-order valence-electron chi connectivity index (χ2n) is 5.69. The number of hydrogen-bond donors (Lipinski definition) is 2. The standard InChI is InChI=1S/C20H23N3O3/c1-3-26-18-13-11-17(12-14-18)21-19(24)20(25)23-22-15(2)9-10-16-7-5-4-6-8-16/h4-8,11-14H,3,9-10H2,1-2H3,(H,21,24)(H,23,25)/b22-15-. The van der Waals surface area contributed by atoms with Gasteiger partial charge in [-0.1, -0.05) is 30.3 Å². The maximum absolute atomic E-state index is 11.9. The van der Waals surface area contributed by atoms with Gasteiger partial charge >= 0.3 is 11.8 Å². The molecule has 6 nitrogen and oxygen atoms in total. The smallest absolute Gasteiger partial charge is 0.329 e. The normalized spacial score (nSPS) is 10.9. The summed E-state index contributed by atoms with van der Waals surface area (Å²) in [6.07, 6.45) is 1.52. The van der Waals surface area contributed by atoms with Crippen molar-refractivity contribution in [1.29, 1.82) is 0 Å². The maximum atomic E-state index is 11.9. The van der Waals surface area contributed by atoms with Crippen LogP contribution >= 0.6 is 0 Å². The second-order valence-corrected chi connectivity index (χ2v) is 5.69. The van der Waals surface area contributed by atoms with Crippen molar-refractivity contribution in [2.75, 3.05) is 11.9 Å². The fourth-order valence-electron chi connectivity index (χ4n) is 2.21. The van der Waals surface area contributed by atoms with Crippen LogP contribution in [0.15, 0.2) is 59.7 Å². The highest BCUT2D eigenvalue weighted by Crippen LogP contribution is 2.15. The molecule has 0 heterocycles. The van der Waals surface area contributed by atoms with Gasteiger partial charge < -0.3 is 10.1 Å². The van der Waals surface area contributed by atoms with Crippen molar-refractivity contribution in [1.82, 2.24) is 5.43 Å². The molecule has 0 aliphatic carbocycles. The summed E-state index contributed by atoms with van der Waals surface area (Å²) in [4.78, 5) is 23.7. The first-order valence-electron chi connectivity index (χ1n) is 8.49. The number of rotatable bonds is 7. The Morgan fingerprint density at radius 1 is 1.00 bits per heavy atom. The van der Waals surface area contributed by atoms with Crippen LogP contribution in [0.25, 0.3) is 0 Å². The Morgan fingerprint density at radius 3 is 2.35 bits per heavy atom. The number of amides is 2. The molecule has 2 aromatic carbocycles. The molecule has 2 N–H and O–H groups in total. The lowest BCUT2D eigenvalue weighted by Gasteiger charge is -2.07. The third-order valence-electron chi connectivity index (χ3n) is 3.60. The summed E-state index contributed by atoms with van der Waals surface area (Å²) in [6.45, 7) is 4.27.